The fourth-order valence-electron chi connectivity index (χ4n) is 0.534. The number of hydrogen-bond donors (Lipinski definition) is 0. The van der Waals surface area contributed by atoms with Crippen LogP contribution in [-0.2, 0) is 0 Å². The molecular formula is C6H15F6INP. The number of halogens is 7. The van der Waals surface area contributed by atoms with Gasteiger partial charge >= 0.3 is 33.0 Å². The van der Waals surface area contributed by atoms with E-state index in [1.54, 1.807) is 0 Å². The Kier molecular flexibility index (Phi) is 5.45. The maximum absolute atomic E-state index is 10.7. The van der Waals surface area contributed by atoms with Crippen molar-refractivity contribution in [3.05, 3.63) is 0 Å². The Morgan fingerprint density at radius 1 is 0.933 bits per heavy atom. The fraction of sp³-hybridized carbons (Fsp3) is 1.00. The van der Waals surface area contributed by atoms with Crippen LogP contribution in [0.4, 0.5) is 25.2 Å². The van der Waals surface area contributed by atoms with Crippen LogP contribution in [0, 0.1) is 0 Å². The molecule has 0 radical (unpaired) electrons. The summed E-state index contributed by atoms with van der Waals surface area (Å²) < 4.78 is 61.6. The van der Waals surface area contributed by atoms with Gasteiger partial charge in [-0.25, -0.2) is 0 Å². The van der Waals surface area contributed by atoms with Crippen LogP contribution in [0.3, 0.4) is 0 Å². The van der Waals surface area contributed by atoms with Gasteiger partial charge in [-0.05, 0) is 0 Å². The summed E-state index contributed by atoms with van der Waals surface area (Å²) in [6, 6.07) is 0. The van der Waals surface area contributed by atoms with Crippen molar-refractivity contribution in [2.24, 2.45) is 0 Å². The van der Waals surface area contributed by atoms with E-state index in [4.69, 9.17) is 0 Å². The molecule has 0 rings (SSSR count). The predicted molar refractivity (Wildman–Crippen MR) is 60.0 cm³/mol. The van der Waals surface area contributed by atoms with Crippen molar-refractivity contribution in [2.45, 2.75) is 6.42 Å². The first-order valence-corrected chi connectivity index (χ1v) is 7.49. The number of hydrogen-bond acceptors (Lipinski definition) is 0. The van der Waals surface area contributed by atoms with E-state index in [1.165, 1.54) is 17.4 Å². The second kappa shape index (κ2) is 4.52. The molecule has 0 N–H and O–H groups in total. The van der Waals surface area contributed by atoms with Crippen molar-refractivity contribution in [1.82, 2.24) is 0 Å². The summed E-state index contributed by atoms with van der Waals surface area (Å²) in [6.07, 6.45) is 1.34. The van der Waals surface area contributed by atoms with E-state index < -0.39 is 7.81 Å². The van der Waals surface area contributed by atoms with Gasteiger partial charge in [0.05, 0.1) is 27.7 Å². The second-order valence-electron chi connectivity index (χ2n) is 4.01. The summed E-state index contributed by atoms with van der Waals surface area (Å²) in [5, 5.41) is 0. The molecule has 0 aliphatic carbocycles. The third-order valence-electron chi connectivity index (χ3n) is 0.963. The van der Waals surface area contributed by atoms with Crippen molar-refractivity contribution in [2.75, 3.05) is 32.1 Å². The molecule has 0 fully saturated rings. The van der Waals surface area contributed by atoms with Crippen molar-refractivity contribution < 1.29 is 29.7 Å². The number of quaternary nitrogens is 1. The van der Waals surface area contributed by atoms with Crippen LogP contribution < -0.4 is 0 Å². The van der Waals surface area contributed by atoms with E-state index in [2.05, 4.69) is 43.7 Å². The van der Waals surface area contributed by atoms with Crippen LogP contribution in [0.25, 0.3) is 0 Å². The van der Waals surface area contributed by atoms with Gasteiger partial charge in [0.2, 0.25) is 0 Å². The Morgan fingerprint density at radius 3 is 1.27 bits per heavy atom. The zero-order valence-electron chi connectivity index (χ0n) is 8.66. The quantitative estimate of drug-likeness (QED) is 0.217. The molecule has 15 heavy (non-hydrogen) atoms. The van der Waals surface area contributed by atoms with Crippen LogP contribution in [0.1, 0.15) is 6.42 Å². The molecular weight excluding hydrogens is 358 g/mol. The Morgan fingerprint density at radius 2 is 1.20 bits per heavy atom. The van der Waals surface area contributed by atoms with Crippen LogP contribution in [-0.4, -0.2) is 36.6 Å². The molecule has 0 bridgehead atoms. The Bertz CT molecular complexity index is 180. The number of nitrogens with zero attached hydrogens (tertiary/aromatic N) is 1. The van der Waals surface area contributed by atoms with Gasteiger partial charge in [0.25, 0.3) is 0 Å². The summed E-state index contributed by atoms with van der Waals surface area (Å²) in [6.45, 7) is 1.29. The van der Waals surface area contributed by atoms with Gasteiger partial charge in [-0.2, -0.15) is 0 Å². The number of alkyl halides is 1. The van der Waals surface area contributed by atoms with E-state index in [0.29, 0.717) is 0 Å². The molecule has 0 aromatic rings. The Labute approximate surface area is 98.8 Å². The zero-order valence-corrected chi connectivity index (χ0v) is 11.7. The van der Waals surface area contributed by atoms with Gasteiger partial charge < -0.3 is 4.48 Å². The van der Waals surface area contributed by atoms with Gasteiger partial charge in [-0.3, -0.25) is 0 Å². The molecule has 9 heteroatoms. The molecule has 0 atom stereocenters. The van der Waals surface area contributed by atoms with Crippen molar-refractivity contribution in [1.29, 1.82) is 0 Å². The monoisotopic (exact) mass is 373 g/mol. The standard InChI is InChI=1S/C6H15IN.F6P/c1-8(2,3)6-4-5-7;1-7(2,3,4,5)6/h4-6H2,1-3H3;/q+1;-1. The third kappa shape index (κ3) is 73.0. The van der Waals surface area contributed by atoms with Crippen LogP contribution in [0.15, 0.2) is 0 Å². The van der Waals surface area contributed by atoms with E-state index in [0.717, 1.165) is 4.48 Å². The molecule has 0 heterocycles. The predicted octanol–water partition coefficient (Wildman–Crippen LogP) is 4.90. The van der Waals surface area contributed by atoms with E-state index >= 15 is 0 Å². The van der Waals surface area contributed by atoms with Crippen LogP contribution in [0.2, 0.25) is 0 Å². The zero-order chi connectivity index (χ0) is 13.0. The molecule has 0 saturated carbocycles. The summed E-state index contributed by atoms with van der Waals surface area (Å²) >= 11 is 2.42. The van der Waals surface area contributed by atoms with E-state index in [9.17, 15) is 25.2 Å². The van der Waals surface area contributed by atoms with Crippen LogP contribution in [0.5, 0.6) is 0 Å². The molecule has 0 saturated heterocycles. The van der Waals surface area contributed by atoms with Gasteiger partial charge in [0.15, 0.2) is 0 Å². The van der Waals surface area contributed by atoms with Crippen molar-refractivity contribution >= 4 is 30.4 Å². The summed E-state index contributed by atoms with van der Waals surface area (Å²) in [5.74, 6) is 0. The first-order valence-electron chi connectivity index (χ1n) is 3.94. The first kappa shape index (κ1) is 18.1. The summed E-state index contributed by atoms with van der Waals surface area (Å²) in [5.41, 5.74) is 0. The fourth-order valence-corrected chi connectivity index (χ4v) is 0.875. The Hall–Kier alpha value is 0.700. The molecule has 98 valence electrons. The SMILES string of the molecule is C[N+](C)(C)CCCI.F[P-](F)(F)(F)(F)F. The second-order valence-corrected chi connectivity index (χ2v) is 7.01. The van der Waals surface area contributed by atoms with Gasteiger partial charge in [0, 0.05) is 10.8 Å². The number of rotatable bonds is 3. The first-order chi connectivity index (χ1) is 6.01. The minimum atomic E-state index is -10.7. The Balaban J connectivity index is 0. The molecule has 0 amide bonds. The molecule has 0 aromatic heterocycles. The normalized spacial score (nSPS) is 17.2. The third-order valence-corrected chi connectivity index (χ3v) is 1.73. The average molecular weight is 373 g/mol. The minimum absolute atomic E-state index is 1.10. The van der Waals surface area contributed by atoms with Crippen molar-refractivity contribution in [3.63, 3.8) is 0 Å². The molecule has 1 nitrogen and oxygen atoms in total. The van der Waals surface area contributed by atoms with E-state index in [1.807, 2.05) is 0 Å². The summed E-state index contributed by atoms with van der Waals surface area (Å²) in [4.78, 5) is 0. The molecule has 0 spiro atoms. The molecule has 0 aromatic carbocycles. The molecule has 0 unspecified atom stereocenters. The maximum atomic E-state index is 9.87. The van der Waals surface area contributed by atoms with Gasteiger partial charge in [-0.15, -0.1) is 0 Å². The van der Waals surface area contributed by atoms with Crippen molar-refractivity contribution in [3.8, 4) is 0 Å². The topological polar surface area (TPSA) is 0 Å². The molecule has 0 aliphatic heterocycles. The average Bonchev–Trinajstić information content (AvgIpc) is 1.73. The molecule has 0 aliphatic rings. The van der Waals surface area contributed by atoms with E-state index in [-0.39, 0.29) is 0 Å². The summed E-state index contributed by atoms with van der Waals surface area (Å²) in [7, 11) is -3.97. The van der Waals surface area contributed by atoms with Crippen LogP contribution >= 0.6 is 30.4 Å². The van der Waals surface area contributed by atoms with Gasteiger partial charge in [-0.1, -0.05) is 22.6 Å². The van der Waals surface area contributed by atoms with Gasteiger partial charge in [0.1, 0.15) is 0 Å².